The maximum absolute atomic E-state index is 10.4. The van der Waals surface area contributed by atoms with Crippen LogP contribution in [0.5, 0.6) is 0 Å². The average Bonchev–Trinajstić information content (AvgIpc) is 2.89. The molecule has 1 heterocycles. The minimum absolute atomic E-state index is 0.320. The normalized spacial score (nSPS) is 20.8. The number of hydrogen-bond donors (Lipinski definition) is 3. The van der Waals surface area contributed by atoms with Gasteiger partial charge in [0.1, 0.15) is 11.6 Å². The third-order valence-corrected chi connectivity index (χ3v) is 6.66. The lowest BCUT2D eigenvalue weighted by molar-refractivity contribution is 0.0331. The van der Waals surface area contributed by atoms with E-state index in [1.165, 1.54) is 24.8 Å². The number of aliphatic hydroxyl groups is 1. The third kappa shape index (κ3) is 10.4. The van der Waals surface area contributed by atoms with Crippen molar-refractivity contribution in [3.63, 3.8) is 0 Å². The fraction of sp³-hybridized carbons (Fsp3) is 0.636. The Labute approximate surface area is 240 Å². The number of allylic oxidation sites excluding steroid dienone is 5. The quantitative estimate of drug-likeness (QED) is 0.137. The molecule has 1 aromatic heterocycles. The van der Waals surface area contributed by atoms with Gasteiger partial charge in [-0.1, -0.05) is 105 Å². The van der Waals surface area contributed by atoms with E-state index >= 15 is 0 Å². The van der Waals surface area contributed by atoms with Crippen LogP contribution in [-0.4, -0.2) is 33.5 Å². The molecule has 1 fully saturated rings. The van der Waals surface area contributed by atoms with Gasteiger partial charge in [-0.2, -0.15) is 12.6 Å². The number of aromatic nitrogens is 2. The maximum Gasteiger partial charge on any atom is 0.142 e. The van der Waals surface area contributed by atoms with Crippen molar-refractivity contribution in [3.05, 3.63) is 52.8 Å². The lowest BCUT2D eigenvalue weighted by Crippen LogP contribution is -2.49. The number of thiol groups is 1. The predicted molar refractivity (Wildman–Crippen MR) is 173 cm³/mol. The van der Waals surface area contributed by atoms with E-state index in [4.69, 9.17) is 9.97 Å². The van der Waals surface area contributed by atoms with Gasteiger partial charge in [-0.25, -0.2) is 9.97 Å². The largest absolute Gasteiger partial charge is 0.393 e. The molecule has 0 amide bonds. The Kier molecular flexibility index (Phi) is 19.1. The van der Waals surface area contributed by atoms with Crippen LogP contribution in [0.3, 0.4) is 0 Å². The van der Waals surface area contributed by atoms with Crippen LogP contribution in [0.1, 0.15) is 113 Å². The lowest BCUT2D eigenvalue weighted by atomic mass is 9.61. The van der Waals surface area contributed by atoms with Gasteiger partial charge in [-0.3, -0.25) is 0 Å². The van der Waals surface area contributed by atoms with Crippen LogP contribution in [0.4, 0.5) is 5.82 Å². The summed E-state index contributed by atoms with van der Waals surface area (Å²) >= 11 is 3.53. The molecule has 1 saturated carbocycles. The van der Waals surface area contributed by atoms with E-state index in [0.29, 0.717) is 24.8 Å². The molecule has 216 valence electrons. The van der Waals surface area contributed by atoms with Gasteiger partial charge >= 0.3 is 0 Å². The van der Waals surface area contributed by atoms with Crippen LogP contribution >= 0.6 is 12.6 Å². The van der Waals surface area contributed by atoms with Gasteiger partial charge in [0.2, 0.25) is 0 Å². The molecule has 0 radical (unpaired) electrons. The number of hydrogen-bond acceptors (Lipinski definition) is 5. The van der Waals surface area contributed by atoms with Crippen LogP contribution in [0.25, 0.3) is 12.2 Å². The van der Waals surface area contributed by atoms with E-state index in [1.54, 1.807) is 6.26 Å². The van der Waals surface area contributed by atoms with Crippen molar-refractivity contribution in [2.75, 3.05) is 11.6 Å². The van der Waals surface area contributed by atoms with E-state index in [0.717, 1.165) is 41.5 Å². The number of anilines is 1. The van der Waals surface area contributed by atoms with Crippen LogP contribution in [-0.2, 0) is 5.41 Å². The maximum atomic E-state index is 10.4. The molecular formula is C33H57N3OS. The molecular weight excluding hydrogens is 486 g/mol. The Balaban J connectivity index is 0.00000326. The highest BCUT2D eigenvalue weighted by molar-refractivity contribution is 7.79. The van der Waals surface area contributed by atoms with Gasteiger partial charge in [0.25, 0.3) is 0 Å². The van der Waals surface area contributed by atoms with Crippen molar-refractivity contribution in [2.24, 2.45) is 5.92 Å². The van der Waals surface area contributed by atoms with Crippen molar-refractivity contribution in [1.82, 2.24) is 9.97 Å². The molecule has 1 aromatic rings. The summed E-state index contributed by atoms with van der Waals surface area (Å²) in [5.74, 6) is 2.05. The summed E-state index contributed by atoms with van der Waals surface area (Å²) in [6.07, 6.45) is 22.0. The van der Waals surface area contributed by atoms with Crippen molar-refractivity contribution < 1.29 is 5.11 Å². The Morgan fingerprint density at radius 3 is 2.29 bits per heavy atom. The van der Waals surface area contributed by atoms with Crippen molar-refractivity contribution >= 4 is 30.6 Å². The standard InChI is InChI=1S/C30H47N3O.C2H6.CH4S/c1-8-13-14-18-24(12-5)31-28-26(17-11-4)27(19-22(6)7)32-29(33-28)30(20-25(34)21-30)23(15-9-2)16-10-3;2*1-2/h9,11,15-17,19,22,24-25,34H,4,8,10,12-14,18,20-21H2,1-3,5-7H3,(H,31,32,33);1-2H3;2H,1H3/b15-9-,23-16+,26-17+,27-19+;;. The SMILES string of the molecule is C=C/C=c1/c(NC(CC)CCCCC)nc(C2(C(/C=C\C)=C/CC)CC(O)C2)n/c1=C/C(C)C.CC.CS. The third-order valence-electron chi connectivity index (χ3n) is 6.66. The molecule has 1 aliphatic carbocycles. The van der Waals surface area contributed by atoms with Crippen LogP contribution in [0.2, 0.25) is 0 Å². The summed E-state index contributed by atoms with van der Waals surface area (Å²) in [6.45, 7) is 21.0. The van der Waals surface area contributed by atoms with Gasteiger partial charge in [0, 0.05) is 11.3 Å². The second-order valence-corrected chi connectivity index (χ2v) is 9.96. The first kappa shape index (κ1) is 36.1. The van der Waals surface area contributed by atoms with E-state index in [9.17, 15) is 5.11 Å². The van der Waals surface area contributed by atoms with Crippen LogP contribution in [0, 0.1) is 5.92 Å². The summed E-state index contributed by atoms with van der Waals surface area (Å²) < 4.78 is 0. The van der Waals surface area contributed by atoms with E-state index in [-0.39, 0.29) is 11.5 Å². The molecule has 1 atom stereocenters. The summed E-state index contributed by atoms with van der Waals surface area (Å²) in [7, 11) is 0. The summed E-state index contributed by atoms with van der Waals surface area (Å²) in [6, 6.07) is 0.363. The summed E-state index contributed by atoms with van der Waals surface area (Å²) in [5, 5.41) is 16.1. The smallest absolute Gasteiger partial charge is 0.142 e. The Bertz CT molecular complexity index is 975. The number of nitrogens with zero attached hydrogens (tertiary/aromatic N) is 2. The zero-order valence-corrected chi connectivity index (χ0v) is 26.7. The first-order valence-electron chi connectivity index (χ1n) is 14.8. The lowest BCUT2D eigenvalue weighted by Gasteiger charge is -2.45. The highest BCUT2D eigenvalue weighted by atomic mass is 32.1. The Morgan fingerprint density at radius 2 is 1.82 bits per heavy atom. The molecule has 5 heteroatoms. The summed E-state index contributed by atoms with van der Waals surface area (Å²) in [5.41, 5.74) is 0.855. The average molecular weight is 544 g/mol. The minimum atomic E-state index is -0.353. The molecule has 0 bridgehead atoms. The molecule has 1 aliphatic rings. The first-order chi connectivity index (χ1) is 18.3. The molecule has 2 rings (SSSR count). The highest BCUT2D eigenvalue weighted by Gasteiger charge is 2.49. The van der Waals surface area contributed by atoms with E-state index < -0.39 is 0 Å². The second-order valence-electron chi connectivity index (χ2n) is 9.96. The fourth-order valence-electron chi connectivity index (χ4n) is 4.86. The number of nitrogens with one attached hydrogen (secondary N) is 1. The minimum Gasteiger partial charge on any atom is -0.393 e. The number of aliphatic hydroxyl groups excluding tert-OH is 1. The Hall–Kier alpha value is -1.85. The topological polar surface area (TPSA) is 58.0 Å². The van der Waals surface area contributed by atoms with Gasteiger partial charge in [0.15, 0.2) is 0 Å². The monoisotopic (exact) mass is 543 g/mol. The van der Waals surface area contributed by atoms with Crippen molar-refractivity contribution in [3.8, 4) is 0 Å². The number of rotatable bonds is 13. The van der Waals surface area contributed by atoms with Crippen LogP contribution < -0.4 is 15.9 Å². The van der Waals surface area contributed by atoms with Gasteiger partial charge < -0.3 is 10.4 Å². The van der Waals surface area contributed by atoms with Gasteiger partial charge in [0.05, 0.1) is 16.9 Å². The molecule has 1 unspecified atom stereocenters. The molecule has 0 spiro atoms. The van der Waals surface area contributed by atoms with Crippen molar-refractivity contribution in [1.29, 1.82) is 0 Å². The van der Waals surface area contributed by atoms with E-state index in [1.807, 2.05) is 32.9 Å². The zero-order chi connectivity index (χ0) is 29.1. The van der Waals surface area contributed by atoms with Gasteiger partial charge in [-0.15, -0.1) is 0 Å². The zero-order valence-electron chi connectivity index (χ0n) is 25.8. The molecule has 0 saturated heterocycles. The van der Waals surface area contributed by atoms with Crippen molar-refractivity contribution in [2.45, 2.75) is 124 Å². The molecule has 0 aliphatic heterocycles. The Morgan fingerprint density at radius 1 is 1.16 bits per heavy atom. The molecule has 0 aromatic carbocycles. The molecule has 2 N–H and O–H groups in total. The molecule has 4 nitrogen and oxygen atoms in total. The second kappa shape index (κ2) is 20.1. The fourth-order valence-corrected chi connectivity index (χ4v) is 4.86. The van der Waals surface area contributed by atoms with E-state index in [2.05, 4.69) is 83.4 Å². The first-order valence-corrected chi connectivity index (χ1v) is 15.7. The predicted octanol–water partition coefficient (Wildman–Crippen LogP) is 7.53. The number of unbranched alkanes of at least 4 members (excludes halogenated alkanes) is 2. The molecule has 38 heavy (non-hydrogen) atoms. The summed E-state index contributed by atoms with van der Waals surface area (Å²) in [4.78, 5) is 10.3. The highest BCUT2D eigenvalue weighted by Crippen LogP contribution is 2.48. The van der Waals surface area contributed by atoms with Crippen LogP contribution in [0.15, 0.2) is 36.5 Å². The van der Waals surface area contributed by atoms with Gasteiger partial charge in [-0.05, 0) is 62.9 Å².